The summed E-state index contributed by atoms with van der Waals surface area (Å²) >= 11 is 5.99. The molecule has 1 nitrogen and oxygen atoms in total. The second-order valence-corrected chi connectivity index (χ2v) is 4.83. The van der Waals surface area contributed by atoms with Crippen molar-refractivity contribution in [2.45, 2.75) is 32.2 Å². The standard InChI is InChI=1S/C12H15ClFN/c1-8-10(6-9(14)7-11(8)13)12(2)4-3-5-15-12/h6-7,15H,3-5H2,1-2H3. The Bertz CT molecular complexity index is 383. The van der Waals surface area contributed by atoms with Gasteiger partial charge in [0, 0.05) is 10.6 Å². The van der Waals surface area contributed by atoms with E-state index in [1.54, 1.807) is 6.07 Å². The Kier molecular flexibility index (Phi) is 2.73. The lowest BCUT2D eigenvalue weighted by atomic mass is 9.87. The Labute approximate surface area is 94.6 Å². The zero-order valence-electron chi connectivity index (χ0n) is 9.03. The normalized spacial score (nSPS) is 25.9. The molecule has 3 heteroatoms. The van der Waals surface area contributed by atoms with Crippen LogP contribution in [0.2, 0.25) is 5.02 Å². The van der Waals surface area contributed by atoms with Gasteiger partial charge in [0.05, 0.1) is 0 Å². The summed E-state index contributed by atoms with van der Waals surface area (Å²) < 4.78 is 13.3. The van der Waals surface area contributed by atoms with Crippen LogP contribution in [0.25, 0.3) is 0 Å². The van der Waals surface area contributed by atoms with Gasteiger partial charge in [-0.15, -0.1) is 0 Å². The SMILES string of the molecule is Cc1c(Cl)cc(F)cc1C1(C)CCCN1. The van der Waals surface area contributed by atoms with Crippen LogP contribution in [0.4, 0.5) is 4.39 Å². The van der Waals surface area contributed by atoms with Crippen molar-refractivity contribution in [1.29, 1.82) is 0 Å². The van der Waals surface area contributed by atoms with Crippen LogP contribution >= 0.6 is 11.6 Å². The van der Waals surface area contributed by atoms with Crippen molar-refractivity contribution in [3.8, 4) is 0 Å². The van der Waals surface area contributed by atoms with Gasteiger partial charge in [-0.3, -0.25) is 0 Å². The number of nitrogens with one attached hydrogen (secondary N) is 1. The first kappa shape index (κ1) is 10.9. The summed E-state index contributed by atoms with van der Waals surface area (Å²) in [5, 5.41) is 3.93. The molecular weight excluding hydrogens is 213 g/mol. The highest BCUT2D eigenvalue weighted by Gasteiger charge is 2.32. The van der Waals surface area contributed by atoms with Gasteiger partial charge >= 0.3 is 0 Å². The van der Waals surface area contributed by atoms with E-state index in [9.17, 15) is 4.39 Å². The Morgan fingerprint density at radius 1 is 1.47 bits per heavy atom. The van der Waals surface area contributed by atoms with Gasteiger partial charge in [-0.25, -0.2) is 4.39 Å². The summed E-state index contributed by atoms with van der Waals surface area (Å²) in [5.74, 6) is -0.254. The molecule has 0 spiro atoms. The fraction of sp³-hybridized carbons (Fsp3) is 0.500. The van der Waals surface area contributed by atoms with Crippen molar-refractivity contribution in [1.82, 2.24) is 5.32 Å². The topological polar surface area (TPSA) is 12.0 Å². The summed E-state index contributed by atoms with van der Waals surface area (Å²) in [7, 11) is 0. The molecule has 1 unspecified atom stereocenters. The average Bonchev–Trinajstić information content (AvgIpc) is 2.59. The molecule has 0 radical (unpaired) electrons. The van der Waals surface area contributed by atoms with Crippen molar-refractivity contribution >= 4 is 11.6 Å². The minimum Gasteiger partial charge on any atom is -0.308 e. The van der Waals surface area contributed by atoms with E-state index in [1.807, 2.05) is 6.92 Å². The van der Waals surface area contributed by atoms with Crippen molar-refractivity contribution in [2.75, 3.05) is 6.54 Å². The molecule has 1 saturated heterocycles. The van der Waals surface area contributed by atoms with E-state index in [-0.39, 0.29) is 11.4 Å². The third kappa shape index (κ3) is 1.88. The number of rotatable bonds is 1. The molecule has 82 valence electrons. The highest BCUT2D eigenvalue weighted by molar-refractivity contribution is 6.31. The predicted molar refractivity (Wildman–Crippen MR) is 60.7 cm³/mol. The molecule has 1 aliphatic heterocycles. The van der Waals surface area contributed by atoms with Crippen LogP contribution < -0.4 is 5.32 Å². The maximum Gasteiger partial charge on any atom is 0.125 e. The highest BCUT2D eigenvalue weighted by Crippen LogP contribution is 2.35. The fourth-order valence-electron chi connectivity index (χ4n) is 2.34. The molecule has 1 aromatic rings. The first-order valence-electron chi connectivity index (χ1n) is 5.24. The van der Waals surface area contributed by atoms with Crippen molar-refractivity contribution in [3.05, 3.63) is 34.1 Å². The zero-order valence-corrected chi connectivity index (χ0v) is 9.79. The minimum absolute atomic E-state index is 0.115. The molecule has 1 aromatic carbocycles. The van der Waals surface area contributed by atoms with Crippen molar-refractivity contribution in [2.24, 2.45) is 0 Å². The average molecular weight is 228 g/mol. The van der Waals surface area contributed by atoms with E-state index in [1.165, 1.54) is 6.07 Å². The van der Waals surface area contributed by atoms with Crippen LogP contribution in [0.5, 0.6) is 0 Å². The number of hydrogen-bond donors (Lipinski definition) is 1. The van der Waals surface area contributed by atoms with Crippen LogP contribution in [0.1, 0.15) is 30.9 Å². The second-order valence-electron chi connectivity index (χ2n) is 4.42. The van der Waals surface area contributed by atoms with Crippen LogP contribution in [0, 0.1) is 12.7 Å². The minimum atomic E-state index is -0.254. The van der Waals surface area contributed by atoms with Crippen LogP contribution in [-0.4, -0.2) is 6.54 Å². The van der Waals surface area contributed by atoms with E-state index in [0.29, 0.717) is 5.02 Å². The van der Waals surface area contributed by atoms with Crippen LogP contribution in [0.15, 0.2) is 12.1 Å². The van der Waals surface area contributed by atoms with Gasteiger partial charge in [0.15, 0.2) is 0 Å². The molecule has 1 aliphatic rings. The molecule has 0 bridgehead atoms. The van der Waals surface area contributed by atoms with Gasteiger partial charge in [-0.05, 0) is 56.5 Å². The van der Waals surface area contributed by atoms with Crippen LogP contribution in [-0.2, 0) is 5.54 Å². The summed E-state index contributed by atoms with van der Waals surface area (Å²) in [6.07, 6.45) is 2.16. The highest BCUT2D eigenvalue weighted by atomic mass is 35.5. The summed E-state index contributed by atoms with van der Waals surface area (Å²) in [4.78, 5) is 0. The molecular formula is C12H15ClFN. The summed E-state index contributed by atoms with van der Waals surface area (Å²) in [6.45, 7) is 5.05. The zero-order chi connectivity index (χ0) is 11.1. The third-order valence-corrected chi connectivity index (χ3v) is 3.66. The molecule has 0 aliphatic carbocycles. The molecule has 1 N–H and O–H groups in total. The Hall–Kier alpha value is -0.600. The monoisotopic (exact) mass is 227 g/mol. The first-order chi connectivity index (χ1) is 7.03. The molecule has 2 rings (SSSR count). The van der Waals surface area contributed by atoms with E-state index < -0.39 is 0 Å². The summed E-state index contributed by atoms with van der Waals surface area (Å²) in [5.41, 5.74) is 1.86. The maximum absolute atomic E-state index is 13.3. The third-order valence-electron chi connectivity index (χ3n) is 3.27. The maximum atomic E-state index is 13.3. The molecule has 0 aromatic heterocycles. The lowest BCUT2D eigenvalue weighted by molar-refractivity contribution is 0.429. The van der Waals surface area contributed by atoms with Gasteiger partial charge in [0.1, 0.15) is 5.82 Å². The van der Waals surface area contributed by atoms with Gasteiger partial charge < -0.3 is 5.32 Å². The fourth-order valence-corrected chi connectivity index (χ4v) is 2.55. The second kappa shape index (κ2) is 3.76. The lowest BCUT2D eigenvalue weighted by Crippen LogP contribution is -2.34. The molecule has 0 saturated carbocycles. The van der Waals surface area contributed by atoms with Crippen molar-refractivity contribution in [3.63, 3.8) is 0 Å². The Morgan fingerprint density at radius 2 is 2.20 bits per heavy atom. The molecule has 15 heavy (non-hydrogen) atoms. The lowest BCUT2D eigenvalue weighted by Gasteiger charge is -2.27. The summed E-state index contributed by atoms with van der Waals surface area (Å²) in [6, 6.07) is 2.97. The Balaban J connectivity index is 2.51. The molecule has 0 amide bonds. The van der Waals surface area contributed by atoms with Gasteiger partial charge in [0.2, 0.25) is 0 Å². The van der Waals surface area contributed by atoms with Gasteiger partial charge in [0.25, 0.3) is 0 Å². The number of benzene rings is 1. The Morgan fingerprint density at radius 3 is 2.80 bits per heavy atom. The quantitative estimate of drug-likeness (QED) is 0.776. The van der Waals surface area contributed by atoms with E-state index in [4.69, 9.17) is 11.6 Å². The van der Waals surface area contributed by atoms with E-state index in [2.05, 4.69) is 12.2 Å². The largest absolute Gasteiger partial charge is 0.308 e. The first-order valence-corrected chi connectivity index (χ1v) is 5.62. The smallest absolute Gasteiger partial charge is 0.125 e. The predicted octanol–water partition coefficient (Wildman–Crippen LogP) is 3.39. The molecule has 1 atom stereocenters. The van der Waals surface area contributed by atoms with E-state index >= 15 is 0 Å². The number of hydrogen-bond acceptors (Lipinski definition) is 1. The molecule has 1 fully saturated rings. The van der Waals surface area contributed by atoms with Gasteiger partial charge in [-0.2, -0.15) is 0 Å². The number of halogens is 2. The van der Waals surface area contributed by atoms with Crippen LogP contribution in [0.3, 0.4) is 0 Å². The molecule has 1 heterocycles. The van der Waals surface area contributed by atoms with Crippen molar-refractivity contribution < 1.29 is 4.39 Å². The van der Waals surface area contributed by atoms with E-state index in [0.717, 1.165) is 30.5 Å². The van der Waals surface area contributed by atoms with Gasteiger partial charge in [-0.1, -0.05) is 11.6 Å².